The van der Waals surface area contributed by atoms with Crippen molar-refractivity contribution >= 4 is 0 Å². The van der Waals surface area contributed by atoms with Crippen molar-refractivity contribution in [2.24, 2.45) is 5.92 Å². The van der Waals surface area contributed by atoms with Crippen LogP contribution in [0.4, 0.5) is 0 Å². The quantitative estimate of drug-likeness (QED) is 0.487. The van der Waals surface area contributed by atoms with Gasteiger partial charge in [-0.25, -0.2) is 0 Å². The SMILES string of the molecule is CC/C(C)=C\C(C)/C=C(\C)O. The maximum absolute atomic E-state index is 8.94. The lowest BCUT2D eigenvalue weighted by Crippen LogP contribution is -1.87. The molecule has 0 rings (SSSR count). The van der Waals surface area contributed by atoms with Gasteiger partial charge in [-0.2, -0.15) is 0 Å². The molecule has 0 bridgehead atoms. The zero-order valence-corrected chi connectivity index (χ0v) is 7.89. The topological polar surface area (TPSA) is 20.2 Å². The van der Waals surface area contributed by atoms with Gasteiger partial charge in [0.1, 0.15) is 0 Å². The van der Waals surface area contributed by atoms with Crippen molar-refractivity contribution in [2.75, 3.05) is 0 Å². The van der Waals surface area contributed by atoms with Crippen LogP contribution in [0, 0.1) is 5.92 Å². The first-order valence-corrected chi connectivity index (χ1v) is 4.11. The predicted molar refractivity (Wildman–Crippen MR) is 49.6 cm³/mol. The van der Waals surface area contributed by atoms with Gasteiger partial charge in [0.05, 0.1) is 5.76 Å². The van der Waals surface area contributed by atoms with Gasteiger partial charge in [0.15, 0.2) is 0 Å². The fourth-order valence-electron chi connectivity index (χ4n) is 0.995. The van der Waals surface area contributed by atoms with E-state index in [1.165, 1.54) is 5.57 Å². The predicted octanol–water partition coefficient (Wildman–Crippen LogP) is 3.44. The number of allylic oxidation sites excluding steroid dienone is 4. The van der Waals surface area contributed by atoms with Gasteiger partial charge in [0, 0.05) is 0 Å². The Morgan fingerprint density at radius 3 is 2.27 bits per heavy atom. The monoisotopic (exact) mass is 154 g/mol. The smallest absolute Gasteiger partial charge is 0.0857 e. The number of hydrogen-bond acceptors (Lipinski definition) is 1. The average molecular weight is 154 g/mol. The minimum Gasteiger partial charge on any atom is -0.513 e. The lowest BCUT2D eigenvalue weighted by Gasteiger charge is -2.01. The summed E-state index contributed by atoms with van der Waals surface area (Å²) in [6, 6.07) is 0. The highest BCUT2D eigenvalue weighted by molar-refractivity contribution is 5.06. The summed E-state index contributed by atoms with van der Waals surface area (Å²) in [5.74, 6) is 0.748. The summed E-state index contributed by atoms with van der Waals surface area (Å²) in [5.41, 5.74) is 1.37. The summed E-state index contributed by atoms with van der Waals surface area (Å²) in [7, 11) is 0. The molecule has 0 amide bonds. The fourth-order valence-corrected chi connectivity index (χ4v) is 0.995. The van der Waals surface area contributed by atoms with Gasteiger partial charge >= 0.3 is 0 Å². The Bertz CT molecular complexity index is 162. The minimum atomic E-state index is 0.347. The highest BCUT2D eigenvalue weighted by atomic mass is 16.3. The first-order valence-electron chi connectivity index (χ1n) is 4.11. The number of aliphatic hydroxyl groups excluding tert-OH is 1. The Labute approximate surface area is 69.4 Å². The molecule has 0 aliphatic rings. The summed E-state index contributed by atoms with van der Waals surface area (Å²) >= 11 is 0. The van der Waals surface area contributed by atoms with Crippen molar-refractivity contribution in [1.82, 2.24) is 0 Å². The first-order chi connectivity index (χ1) is 5.06. The second-order valence-corrected chi connectivity index (χ2v) is 3.03. The zero-order valence-electron chi connectivity index (χ0n) is 7.89. The summed E-state index contributed by atoms with van der Waals surface area (Å²) < 4.78 is 0. The largest absolute Gasteiger partial charge is 0.513 e. The maximum Gasteiger partial charge on any atom is 0.0857 e. The van der Waals surface area contributed by atoms with Crippen molar-refractivity contribution in [3.63, 3.8) is 0 Å². The van der Waals surface area contributed by atoms with E-state index >= 15 is 0 Å². The van der Waals surface area contributed by atoms with Crippen molar-refractivity contribution in [2.45, 2.75) is 34.1 Å². The van der Waals surface area contributed by atoms with Crippen LogP contribution in [0.5, 0.6) is 0 Å². The molecule has 0 spiro atoms. The van der Waals surface area contributed by atoms with Crippen molar-refractivity contribution in [3.8, 4) is 0 Å². The molecule has 1 unspecified atom stereocenters. The molecule has 0 fully saturated rings. The molecular formula is C10H18O. The molecule has 0 saturated heterocycles. The molecule has 0 aliphatic heterocycles. The zero-order chi connectivity index (χ0) is 8.85. The van der Waals surface area contributed by atoms with E-state index in [9.17, 15) is 0 Å². The van der Waals surface area contributed by atoms with Crippen LogP contribution in [0.1, 0.15) is 34.1 Å². The number of aliphatic hydroxyl groups is 1. The summed E-state index contributed by atoms with van der Waals surface area (Å²) in [5, 5.41) is 8.94. The standard InChI is InChI=1S/C10H18O/c1-5-8(2)6-9(3)7-10(4)11/h6-7,9,11H,5H2,1-4H3/b8-6-,10-7+. The normalized spacial score (nSPS) is 16.7. The molecule has 1 atom stereocenters. The van der Waals surface area contributed by atoms with E-state index in [1.807, 2.05) is 6.08 Å². The van der Waals surface area contributed by atoms with E-state index in [4.69, 9.17) is 5.11 Å². The Morgan fingerprint density at radius 2 is 1.91 bits per heavy atom. The van der Waals surface area contributed by atoms with E-state index in [0.29, 0.717) is 11.7 Å². The van der Waals surface area contributed by atoms with Crippen molar-refractivity contribution in [1.29, 1.82) is 0 Å². The third-order valence-electron chi connectivity index (χ3n) is 1.61. The minimum absolute atomic E-state index is 0.347. The molecule has 0 heterocycles. The molecule has 0 aliphatic carbocycles. The highest BCUT2D eigenvalue weighted by Crippen LogP contribution is 2.08. The molecule has 0 radical (unpaired) electrons. The number of hydrogen-bond donors (Lipinski definition) is 1. The van der Waals surface area contributed by atoms with Gasteiger partial charge in [-0.15, -0.1) is 0 Å². The highest BCUT2D eigenvalue weighted by Gasteiger charge is 1.93. The van der Waals surface area contributed by atoms with Crippen LogP contribution in [0.2, 0.25) is 0 Å². The van der Waals surface area contributed by atoms with Crippen molar-refractivity contribution < 1.29 is 5.11 Å². The van der Waals surface area contributed by atoms with Crippen molar-refractivity contribution in [3.05, 3.63) is 23.5 Å². The van der Waals surface area contributed by atoms with Crippen LogP contribution in [0.3, 0.4) is 0 Å². The van der Waals surface area contributed by atoms with Gasteiger partial charge in [0.25, 0.3) is 0 Å². The van der Waals surface area contributed by atoms with Crippen LogP contribution in [0.25, 0.3) is 0 Å². The molecule has 64 valence electrons. The van der Waals surface area contributed by atoms with Crippen LogP contribution < -0.4 is 0 Å². The van der Waals surface area contributed by atoms with Crippen LogP contribution in [-0.2, 0) is 0 Å². The molecule has 11 heavy (non-hydrogen) atoms. The molecular weight excluding hydrogens is 136 g/mol. The summed E-state index contributed by atoms with van der Waals surface area (Å²) in [4.78, 5) is 0. The maximum atomic E-state index is 8.94. The van der Waals surface area contributed by atoms with E-state index in [0.717, 1.165) is 6.42 Å². The third kappa shape index (κ3) is 5.71. The van der Waals surface area contributed by atoms with E-state index < -0.39 is 0 Å². The first kappa shape index (κ1) is 10.3. The van der Waals surface area contributed by atoms with Gasteiger partial charge in [-0.1, -0.05) is 25.5 Å². The van der Waals surface area contributed by atoms with E-state index in [1.54, 1.807) is 6.92 Å². The fraction of sp³-hybridized carbons (Fsp3) is 0.600. The third-order valence-corrected chi connectivity index (χ3v) is 1.61. The Kier molecular flexibility index (Phi) is 4.67. The Balaban J connectivity index is 4.06. The van der Waals surface area contributed by atoms with E-state index in [-0.39, 0.29) is 0 Å². The van der Waals surface area contributed by atoms with Gasteiger partial charge in [-0.05, 0) is 32.3 Å². The lowest BCUT2D eigenvalue weighted by molar-refractivity contribution is 0.409. The molecule has 0 saturated carbocycles. The molecule has 0 aromatic carbocycles. The van der Waals surface area contributed by atoms with Crippen LogP contribution in [-0.4, -0.2) is 5.11 Å². The van der Waals surface area contributed by atoms with Crippen LogP contribution >= 0.6 is 0 Å². The molecule has 1 nitrogen and oxygen atoms in total. The molecule has 0 aromatic heterocycles. The van der Waals surface area contributed by atoms with Crippen LogP contribution in [0.15, 0.2) is 23.5 Å². The number of rotatable bonds is 3. The lowest BCUT2D eigenvalue weighted by atomic mass is 10.1. The molecule has 1 heteroatoms. The molecule has 0 aromatic rings. The second-order valence-electron chi connectivity index (χ2n) is 3.03. The van der Waals surface area contributed by atoms with Gasteiger partial charge < -0.3 is 5.11 Å². The van der Waals surface area contributed by atoms with Gasteiger partial charge in [-0.3, -0.25) is 0 Å². The summed E-state index contributed by atoms with van der Waals surface area (Å²) in [6.45, 7) is 8.01. The molecule has 1 N–H and O–H groups in total. The van der Waals surface area contributed by atoms with E-state index in [2.05, 4.69) is 26.8 Å². The Hall–Kier alpha value is -0.720. The second kappa shape index (κ2) is 5.00. The average Bonchev–Trinajstić information content (AvgIpc) is 1.85. The summed E-state index contributed by atoms with van der Waals surface area (Å²) in [6.07, 6.45) is 5.10. The Morgan fingerprint density at radius 1 is 1.36 bits per heavy atom. The van der Waals surface area contributed by atoms with Gasteiger partial charge in [0.2, 0.25) is 0 Å².